The highest BCUT2D eigenvalue weighted by Gasteiger charge is 2.35. The molecule has 1 aromatic heterocycles. The van der Waals surface area contributed by atoms with E-state index >= 15 is 0 Å². The number of rotatable bonds is 21. The summed E-state index contributed by atoms with van der Waals surface area (Å²) >= 11 is 0. The number of hydrogen-bond acceptors (Lipinski definition) is 11. The Balaban J connectivity index is 1.75. The van der Waals surface area contributed by atoms with Gasteiger partial charge in [-0.15, -0.1) is 0 Å². The van der Waals surface area contributed by atoms with Gasteiger partial charge < -0.3 is 70.5 Å². The van der Waals surface area contributed by atoms with E-state index in [1.807, 2.05) is 31.2 Å². The third kappa shape index (κ3) is 19.0. The number of nitrogens with zero attached hydrogens (tertiary/aromatic N) is 1. The van der Waals surface area contributed by atoms with Crippen molar-refractivity contribution in [3.05, 3.63) is 71.9 Å². The SMILES string of the molecule is CCCC[C@H](NC(C)=O)C(=O)NC1CCC(=O)NCCC(C(=O)N[C@@H](Cc2c[nH]c3ccccc23)C(N)=O)NC(=O)[C@H](CCCN=C(N)N)NC(=O)[C@@H](Cc2ccccc2)NC(=O)[C@H](CCCCN)NC1=O. The summed E-state index contributed by atoms with van der Waals surface area (Å²) in [6, 6.07) is 7.06. The fourth-order valence-electron chi connectivity index (χ4n) is 8.15. The molecule has 1 aliphatic rings. The quantitative estimate of drug-likeness (QED) is 0.0331. The van der Waals surface area contributed by atoms with E-state index in [2.05, 4.69) is 52.5 Å². The summed E-state index contributed by atoms with van der Waals surface area (Å²) < 4.78 is 0. The van der Waals surface area contributed by atoms with Gasteiger partial charge >= 0.3 is 0 Å². The number of amides is 9. The van der Waals surface area contributed by atoms with Gasteiger partial charge in [0.15, 0.2) is 5.96 Å². The van der Waals surface area contributed by atoms with Crippen molar-refractivity contribution in [2.45, 2.75) is 140 Å². The van der Waals surface area contributed by atoms with Crippen molar-refractivity contribution in [3.63, 3.8) is 0 Å². The second kappa shape index (κ2) is 29.6. The Morgan fingerprint density at radius 2 is 1.40 bits per heavy atom. The molecule has 4 rings (SSSR count). The molecule has 2 aromatic carbocycles. The van der Waals surface area contributed by atoms with Crippen LogP contribution >= 0.6 is 0 Å². The minimum Gasteiger partial charge on any atom is -0.370 e. The highest BCUT2D eigenvalue weighted by Crippen LogP contribution is 2.19. The number of aromatic amines is 1. The number of hydrogen-bond donors (Lipinski definition) is 13. The van der Waals surface area contributed by atoms with E-state index in [9.17, 15) is 43.2 Å². The van der Waals surface area contributed by atoms with Crippen molar-refractivity contribution < 1.29 is 43.2 Å². The second-order valence-electron chi connectivity index (χ2n) is 17.8. The summed E-state index contributed by atoms with van der Waals surface area (Å²) in [7, 11) is 0. The lowest BCUT2D eigenvalue weighted by Gasteiger charge is -2.28. The molecule has 72 heavy (non-hydrogen) atoms. The number of benzene rings is 2. The van der Waals surface area contributed by atoms with Crippen molar-refractivity contribution in [2.75, 3.05) is 19.6 Å². The zero-order valence-electron chi connectivity index (χ0n) is 41.1. The normalized spacial score (nSPS) is 20.3. The topological polar surface area (TPSA) is 382 Å². The van der Waals surface area contributed by atoms with Crippen LogP contribution in [0.3, 0.4) is 0 Å². The molecule has 0 bridgehead atoms. The van der Waals surface area contributed by atoms with Crippen LogP contribution in [0.5, 0.6) is 0 Å². The zero-order chi connectivity index (χ0) is 52.6. The van der Waals surface area contributed by atoms with Crippen molar-refractivity contribution in [3.8, 4) is 0 Å². The predicted molar refractivity (Wildman–Crippen MR) is 270 cm³/mol. The molecule has 1 fully saturated rings. The number of nitrogens with two attached hydrogens (primary N) is 4. The zero-order valence-corrected chi connectivity index (χ0v) is 41.1. The molecular weight excluding hydrogens is 929 g/mol. The van der Waals surface area contributed by atoms with E-state index < -0.39 is 95.5 Å². The maximum absolute atomic E-state index is 14.5. The molecule has 9 amide bonds. The highest BCUT2D eigenvalue weighted by molar-refractivity contribution is 5.98. The average Bonchev–Trinajstić information content (AvgIpc) is 3.75. The van der Waals surface area contributed by atoms with Gasteiger partial charge in [-0.25, -0.2) is 0 Å². The van der Waals surface area contributed by atoms with E-state index in [1.54, 1.807) is 36.5 Å². The van der Waals surface area contributed by atoms with Crippen LogP contribution in [-0.2, 0) is 56.0 Å². The predicted octanol–water partition coefficient (Wildman–Crippen LogP) is -1.48. The van der Waals surface area contributed by atoms with Crippen LogP contribution in [0.2, 0.25) is 0 Å². The molecule has 1 aliphatic heterocycles. The van der Waals surface area contributed by atoms with Crippen molar-refractivity contribution in [1.82, 2.24) is 47.5 Å². The van der Waals surface area contributed by atoms with Gasteiger partial charge in [0.05, 0.1) is 0 Å². The number of H-pyrrole nitrogens is 1. The van der Waals surface area contributed by atoms with Gasteiger partial charge in [0.25, 0.3) is 0 Å². The lowest BCUT2D eigenvalue weighted by molar-refractivity contribution is -0.136. The smallest absolute Gasteiger partial charge is 0.243 e. The molecule has 1 saturated heterocycles. The molecule has 0 saturated carbocycles. The average molecular weight is 1000 g/mol. The maximum atomic E-state index is 14.5. The number of unbranched alkanes of at least 4 members (excludes halogenated alkanes) is 2. The van der Waals surface area contributed by atoms with Crippen molar-refractivity contribution >= 4 is 70.0 Å². The van der Waals surface area contributed by atoms with Gasteiger partial charge in [-0.1, -0.05) is 68.3 Å². The third-order valence-electron chi connectivity index (χ3n) is 12.1. The Morgan fingerprint density at radius 1 is 0.750 bits per heavy atom. The Labute approximate surface area is 418 Å². The first-order valence-corrected chi connectivity index (χ1v) is 24.5. The lowest BCUT2D eigenvalue weighted by Crippen LogP contribution is -2.60. The number of carbonyl (C=O) groups excluding carboxylic acids is 9. The first-order valence-electron chi connectivity index (χ1n) is 24.5. The number of fused-ring (bicyclic) bond motifs is 1. The Hall–Kier alpha value is -7.56. The van der Waals surface area contributed by atoms with Crippen LogP contribution in [0, 0.1) is 0 Å². The summed E-state index contributed by atoms with van der Waals surface area (Å²) in [5, 5.41) is 22.3. The van der Waals surface area contributed by atoms with E-state index in [1.165, 1.54) is 6.92 Å². The maximum Gasteiger partial charge on any atom is 0.243 e. The first kappa shape index (κ1) is 57.0. The Bertz CT molecular complexity index is 2360. The fraction of sp³-hybridized carbons (Fsp3) is 0.510. The van der Waals surface area contributed by atoms with Crippen LogP contribution in [0.25, 0.3) is 10.9 Å². The number of aromatic nitrogens is 1. The molecule has 0 radical (unpaired) electrons. The molecule has 3 aromatic rings. The third-order valence-corrected chi connectivity index (χ3v) is 12.1. The summed E-state index contributed by atoms with van der Waals surface area (Å²) in [6.45, 7) is 3.30. The summed E-state index contributed by atoms with van der Waals surface area (Å²) in [6.07, 6.45) is 3.37. The molecule has 23 nitrogen and oxygen atoms in total. The molecule has 2 unspecified atom stereocenters. The number of para-hydroxylation sites is 1. The van der Waals surface area contributed by atoms with Crippen molar-refractivity contribution in [1.29, 1.82) is 0 Å². The molecule has 17 N–H and O–H groups in total. The number of carbonyl (C=O) groups is 9. The van der Waals surface area contributed by atoms with Gasteiger partial charge in [0.1, 0.15) is 42.3 Å². The van der Waals surface area contributed by atoms with Crippen LogP contribution in [0.1, 0.15) is 95.6 Å². The minimum absolute atomic E-state index is 0.0101. The van der Waals surface area contributed by atoms with E-state index in [-0.39, 0.29) is 83.4 Å². The van der Waals surface area contributed by atoms with Crippen LogP contribution in [0.4, 0.5) is 0 Å². The summed E-state index contributed by atoms with van der Waals surface area (Å²) in [5.41, 5.74) is 24.8. The largest absolute Gasteiger partial charge is 0.370 e. The summed E-state index contributed by atoms with van der Waals surface area (Å²) in [4.78, 5) is 131. The molecule has 0 spiro atoms. The summed E-state index contributed by atoms with van der Waals surface area (Å²) in [5.74, 6) is -6.84. The number of aliphatic imine (C=N–C) groups is 1. The van der Waals surface area contributed by atoms with E-state index in [0.717, 1.165) is 10.9 Å². The van der Waals surface area contributed by atoms with Crippen LogP contribution < -0.4 is 65.5 Å². The molecule has 392 valence electrons. The van der Waals surface area contributed by atoms with E-state index in [4.69, 9.17) is 22.9 Å². The van der Waals surface area contributed by atoms with Gasteiger partial charge in [-0.2, -0.15) is 0 Å². The number of nitrogens with one attached hydrogen (secondary N) is 9. The lowest BCUT2D eigenvalue weighted by atomic mass is 10.0. The van der Waals surface area contributed by atoms with Crippen LogP contribution in [0.15, 0.2) is 65.8 Å². The molecular formula is C49H72N14O9. The van der Waals surface area contributed by atoms with Gasteiger partial charge in [-0.05, 0) is 75.1 Å². The Morgan fingerprint density at radius 3 is 2.08 bits per heavy atom. The molecule has 23 heteroatoms. The molecule has 2 heterocycles. The monoisotopic (exact) mass is 1000 g/mol. The minimum atomic E-state index is -1.43. The first-order chi connectivity index (χ1) is 34.5. The fourth-order valence-corrected chi connectivity index (χ4v) is 8.15. The highest BCUT2D eigenvalue weighted by atomic mass is 16.2. The van der Waals surface area contributed by atoms with Gasteiger partial charge in [0.2, 0.25) is 53.2 Å². The number of primary amides is 1. The standard InChI is InChI=1S/C49H72N14O9/c1-3-4-16-34(57-29(2)64)43(67)60-37-20-21-41(65)54-25-22-38(47(71)62-39(42(51)66)27-31-28-56-33-17-9-8-15-32(31)33)61-44(68)36(19-12-24-55-49(52)53)59-48(72)40(26-30-13-6-5-7-14-30)63-45(69)35(58-46(37)70)18-10-11-23-50/h5-9,13-15,17,28,34-40,56H,3-4,10-12,16,18-27,50H2,1-2H3,(H2,51,66)(H,54,65)(H,57,64)(H,58,70)(H,59,72)(H,60,67)(H,61,68)(H,62,71)(H,63,69)(H4,52,53,55)/t34-,35-,36-,37?,38?,39-,40+/m0/s1. The van der Waals surface area contributed by atoms with Crippen molar-refractivity contribution in [2.24, 2.45) is 27.9 Å². The van der Waals surface area contributed by atoms with E-state index in [0.29, 0.717) is 36.8 Å². The Kier molecular flexibility index (Phi) is 23.4. The number of guanidine groups is 1. The molecule has 0 aliphatic carbocycles. The van der Waals surface area contributed by atoms with Gasteiger partial charge in [0, 0.05) is 56.4 Å². The van der Waals surface area contributed by atoms with Gasteiger partial charge in [-0.3, -0.25) is 48.1 Å². The van der Waals surface area contributed by atoms with Crippen LogP contribution in [-0.4, -0.2) is 126 Å². The molecule has 7 atom stereocenters. The second-order valence-corrected chi connectivity index (χ2v) is 17.8.